The van der Waals surface area contributed by atoms with E-state index in [1.54, 1.807) is 11.1 Å². The number of rotatable bonds is 5. The largest absolute Gasteiger partial charge is 0.326 e. The number of nitrogens with zero attached hydrogens (tertiary/aromatic N) is 1. The monoisotopic (exact) mass is 362 g/mol. The highest BCUT2D eigenvalue weighted by Gasteiger charge is 2.28. The molecule has 140 valence electrons. The Bertz CT molecular complexity index is 863. The summed E-state index contributed by atoms with van der Waals surface area (Å²) in [4.78, 5) is 26.7. The number of anilines is 1. The minimum absolute atomic E-state index is 0.0678. The molecule has 1 atom stereocenters. The molecule has 2 aromatic carbocycles. The van der Waals surface area contributed by atoms with Crippen molar-refractivity contribution in [2.45, 2.75) is 46.1 Å². The fraction of sp³-hybridized carbons (Fsp3) is 0.304. The topological polar surface area (TPSA) is 49.4 Å². The first-order chi connectivity index (χ1) is 13.0. The SMILES string of the molecule is CCc1cccc(CC)c1NC(=O)C[C@H]1c2ccccc2C=CN1C(C)=O. The van der Waals surface area contributed by atoms with Crippen molar-refractivity contribution < 1.29 is 9.59 Å². The molecule has 4 nitrogen and oxygen atoms in total. The Kier molecular flexibility index (Phi) is 5.75. The molecule has 0 bridgehead atoms. The average Bonchev–Trinajstić information content (AvgIpc) is 2.68. The minimum atomic E-state index is -0.289. The van der Waals surface area contributed by atoms with Crippen LogP contribution in [0.5, 0.6) is 0 Å². The number of fused-ring (bicyclic) bond motifs is 1. The maximum atomic E-state index is 12.9. The number of hydrogen-bond acceptors (Lipinski definition) is 2. The zero-order chi connectivity index (χ0) is 19.4. The lowest BCUT2D eigenvalue weighted by Gasteiger charge is -2.32. The van der Waals surface area contributed by atoms with Crippen LogP contribution in [0.1, 0.15) is 55.5 Å². The van der Waals surface area contributed by atoms with Gasteiger partial charge in [-0.2, -0.15) is 0 Å². The number of aryl methyl sites for hydroxylation is 2. The second-order valence-electron chi connectivity index (χ2n) is 6.80. The third-order valence-electron chi connectivity index (χ3n) is 5.11. The molecule has 4 heteroatoms. The van der Waals surface area contributed by atoms with E-state index in [1.807, 2.05) is 36.4 Å². The highest BCUT2D eigenvalue weighted by molar-refractivity contribution is 5.93. The van der Waals surface area contributed by atoms with Crippen LogP contribution in [-0.2, 0) is 22.4 Å². The number of carbonyl (C=O) groups excluding carboxylic acids is 2. The molecule has 0 saturated carbocycles. The van der Waals surface area contributed by atoms with Crippen LogP contribution in [0.4, 0.5) is 5.69 Å². The summed E-state index contributed by atoms with van der Waals surface area (Å²) in [6.45, 7) is 5.71. The first-order valence-electron chi connectivity index (χ1n) is 9.51. The van der Waals surface area contributed by atoms with Crippen molar-refractivity contribution in [2.24, 2.45) is 0 Å². The smallest absolute Gasteiger partial charge is 0.226 e. The van der Waals surface area contributed by atoms with Crippen molar-refractivity contribution in [2.75, 3.05) is 5.32 Å². The van der Waals surface area contributed by atoms with Crippen LogP contribution in [0.25, 0.3) is 6.08 Å². The van der Waals surface area contributed by atoms with Crippen molar-refractivity contribution in [1.82, 2.24) is 4.90 Å². The zero-order valence-corrected chi connectivity index (χ0v) is 16.2. The molecule has 27 heavy (non-hydrogen) atoms. The van der Waals surface area contributed by atoms with Gasteiger partial charge in [-0.25, -0.2) is 0 Å². The Labute approximate surface area is 160 Å². The lowest BCUT2D eigenvalue weighted by Crippen LogP contribution is -2.33. The van der Waals surface area contributed by atoms with Gasteiger partial charge in [0, 0.05) is 18.8 Å². The lowest BCUT2D eigenvalue weighted by atomic mass is 9.93. The second-order valence-corrected chi connectivity index (χ2v) is 6.80. The van der Waals surface area contributed by atoms with Gasteiger partial charge in [-0.3, -0.25) is 9.59 Å². The quantitative estimate of drug-likeness (QED) is 0.837. The lowest BCUT2D eigenvalue weighted by molar-refractivity contribution is -0.129. The zero-order valence-electron chi connectivity index (χ0n) is 16.2. The molecule has 1 aliphatic rings. The van der Waals surface area contributed by atoms with Gasteiger partial charge in [0.1, 0.15) is 0 Å². The van der Waals surface area contributed by atoms with Gasteiger partial charge in [0.2, 0.25) is 11.8 Å². The molecule has 0 saturated heterocycles. The highest BCUT2D eigenvalue weighted by atomic mass is 16.2. The van der Waals surface area contributed by atoms with Crippen molar-refractivity contribution in [1.29, 1.82) is 0 Å². The number of amides is 2. The summed E-state index contributed by atoms with van der Waals surface area (Å²) in [5.41, 5.74) is 5.24. The molecule has 2 aromatic rings. The molecular formula is C23H26N2O2. The van der Waals surface area contributed by atoms with Crippen molar-refractivity contribution in [3.8, 4) is 0 Å². The molecule has 2 amide bonds. The molecule has 3 rings (SSSR count). The Hall–Kier alpha value is -2.88. The van der Waals surface area contributed by atoms with Crippen molar-refractivity contribution in [3.63, 3.8) is 0 Å². The van der Waals surface area contributed by atoms with E-state index in [0.717, 1.165) is 40.8 Å². The summed E-state index contributed by atoms with van der Waals surface area (Å²) in [7, 11) is 0. The summed E-state index contributed by atoms with van der Waals surface area (Å²) in [5.74, 6) is -0.145. The van der Waals surface area contributed by atoms with E-state index in [2.05, 4.69) is 31.3 Å². The normalized spacial score (nSPS) is 15.4. The Balaban J connectivity index is 1.87. The molecule has 0 fully saturated rings. The molecule has 0 radical (unpaired) electrons. The minimum Gasteiger partial charge on any atom is -0.326 e. The maximum Gasteiger partial charge on any atom is 0.226 e. The molecule has 0 spiro atoms. The molecule has 0 aromatic heterocycles. The summed E-state index contributed by atoms with van der Waals surface area (Å²) in [5, 5.41) is 3.12. The number of carbonyl (C=O) groups is 2. The van der Waals surface area contributed by atoms with Gasteiger partial charge in [-0.1, -0.05) is 56.3 Å². The van der Waals surface area contributed by atoms with Crippen LogP contribution in [0.15, 0.2) is 48.7 Å². The fourth-order valence-corrected chi connectivity index (χ4v) is 3.68. The number of benzene rings is 2. The number of hydrogen-bond donors (Lipinski definition) is 1. The Morgan fingerprint density at radius 2 is 1.67 bits per heavy atom. The van der Waals surface area contributed by atoms with Gasteiger partial charge >= 0.3 is 0 Å². The Morgan fingerprint density at radius 3 is 2.30 bits per heavy atom. The number of nitrogens with one attached hydrogen (secondary N) is 1. The van der Waals surface area contributed by atoms with Gasteiger partial charge in [0.25, 0.3) is 0 Å². The molecule has 0 aliphatic carbocycles. The van der Waals surface area contributed by atoms with Gasteiger partial charge in [-0.15, -0.1) is 0 Å². The van der Waals surface area contributed by atoms with Crippen molar-refractivity contribution in [3.05, 3.63) is 70.9 Å². The van der Waals surface area contributed by atoms with E-state index in [-0.39, 0.29) is 24.3 Å². The summed E-state index contributed by atoms with van der Waals surface area (Å²) >= 11 is 0. The van der Waals surface area contributed by atoms with Gasteiger partial charge in [-0.05, 0) is 41.2 Å². The maximum absolute atomic E-state index is 12.9. The third-order valence-corrected chi connectivity index (χ3v) is 5.11. The van der Waals surface area contributed by atoms with Gasteiger partial charge in [0.15, 0.2) is 0 Å². The molecule has 1 heterocycles. The van der Waals surface area contributed by atoms with Crippen LogP contribution < -0.4 is 5.32 Å². The predicted octanol–water partition coefficient (Wildman–Crippen LogP) is 4.71. The molecule has 1 N–H and O–H groups in total. The van der Waals surface area contributed by atoms with E-state index in [4.69, 9.17) is 0 Å². The summed E-state index contributed by atoms with van der Waals surface area (Å²) < 4.78 is 0. The van der Waals surface area contributed by atoms with Crippen molar-refractivity contribution >= 4 is 23.6 Å². The van der Waals surface area contributed by atoms with Crippen LogP contribution >= 0.6 is 0 Å². The van der Waals surface area contributed by atoms with Crippen LogP contribution in [-0.4, -0.2) is 16.7 Å². The van der Waals surface area contributed by atoms with E-state index in [9.17, 15) is 9.59 Å². The van der Waals surface area contributed by atoms with Gasteiger partial charge < -0.3 is 10.2 Å². The molecular weight excluding hydrogens is 336 g/mol. The standard InChI is InChI=1S/C23H26N2O2/c1-4-17-10-8-11-18(5-2)23(17)24-22(27)15-21-20-12-7-6-9-19(20)13-14-25(21)16(3)26/h6-14,21H,4-5,15H2,1-3H3,(H,24,27)/t21-/m0/s1. The molecule has 0 unspecified atom stereocenters. The number of para-hydroxylation sites is 1. The van der Waals surface area contributed by atoms with Crippen LogP contribution in [0, 0.1) is 0 Å². The molecule has 1 aliphatic heterocycles. The summed E-state index contributed by atoms with van der Waals surface area (Å²) in [6, 6.07) is 13.8. The van der Waals surface area contributed by atoms with E-state index in [0.29, 0.717) is 0 Å². The summed E-state index contributed by atoms with van der Waals surface area (Å²) in [6.07, 6.45) is 5.64. The van der Waals surface area contributed by atoms with Gasteiger partial charge in [0.05, 0.1) is 12.5 Å². The van der Waals surface area contributed by atoms with E-state index in [1.165, 1.54) is 6.92 Å². The fourth-order valence-electron chi connectivity index (χ4n) is 3.68. The highest BCUT2D eigenvalue weighted by Crippen LogP contribution is 2.33. The first-order valence-corrected chi connectivity index (χ1v) is 9.51. The van der Waals surface area contributed by atoms with E-state index >= 15 is 0 Å². The second kappa shape index (κ2) is 8.21. The van der Waals surface area contributed by atoms with E-state index < -0.39 is 0 Å². The first kappa shape index (κ1) is 18.9. The average molecular weight is 362 g/mol. The third kappa shape index (κ3) is 3.95. The van der Waals surface area contributed by atoms with Crippen LogP contribution in [0.3, 0.4) is 0 Å². The van der Waals surface area contributed by atoms with Crippen LogP contribution in [0.2, 0.25) is 0 Å². The predicted molar refractivity (Wildman–Crippen MR) is 109 cm³/mol. The Morgan fingerprint density at radius 1 is 1.00 bits per heavy atom.